The van der Waals surface area contributed by atoms with Gasteiger partial charge in [0.2, 0.25) is 0 Å². The number of aromatic nitrogens is 2. The number of benzene rings is 1. The molecular weight excluding hydrogens is 298 g/mol. The Labute approximate surface area is 132 Å². The van der Waals surface area contributed by atoms with Gasteiger partial charge >= 0.3 is 6.09 Å². The van der Waals surface area contributed by atoms with E-state index in [1.807, 2.05) is 47.0 Å². The molecule has 0 aliphatic heterocycles. The van der Waals surface area contributed by atoms with Crippen molar-refractivity contribution in [1.82, 2.24) is 14.7 Å². The second-order valence-corrected chi connectivity index (χ2v) is 5.61. The first kappa shape index (κ1) is 14.5. The highest BCUT2D eigenvalue weighted by molar-refractivity contribution is 7.99. The maximum atomic E-state index is 11.6. The maximum Gasteiger partial charge on any atom is 0.412 e. The van der Waals surface area contributed by atoms with E-state index >= 15 is 0 Å². The van der Waals surface area contributed by atoms with Crippen LogP contribution in [0.2, 0.25) is 0 Å². The molecule has 2 aromatic heterocycles. The number of rotatable bonds is 5. The van der Waals surface area contributed by atoms with Crippen molar-refractivity contribution >= 4 is 23.5 Å². The lowest BCUT2D eigenvalue weighted by Gasteiger charge is -2.07. The average molecular weight is 313 g/mol. The highest BCUT2D eigenvalue weighted by atomic mass is 32.2. The van der Waals surface area contributed by atoms with Gasteiger partial charge < -0.3 is 10.1 Å². The summed E-state index contributed by atoms with van der Waals surface area (Å²) < 4.78 is 7.17. The van der Waals surface area contributed by atoms with Crippen LogP contribution in [-0.2, 0) is 0 Å². The summed E-state index contributed by atoms with van der Waals surface area (Å²) >= 11 is 1.66. The minimum Gasteiger partial charge on any atom is -0.410 e. The van der Waals surface area contributed by atoms with Crippen LogP contribution in [-0.4, -0.2) is 27.8 Å². The molecule has 5 nitrogen and oxygen atoms in total. The molecule has 0 saturated heterocycles. The van der Waals surface area contributed by atoms with Crippen LogP contribution < -0.4 is 10.1 Å². The zero-order valence-electron chi connectivity index (χ0n) is 11.8. The largest absolute Gasteiger partial charge is 0.412 e. The Morgan fingerprint density at radius 3 is 2.91 bits per heavy atom. The normalized spacial score (nSPS) is 10.5. The van der Waals surface area contributed by atoms with E-state index in [2.05, 4.69) is 10.3 Å². The number of ether oxygens (including phenoxy) is 1. The Morgan fingerprint density at radius 2 is 2.05 bits per heavy atom. The molecule has 0 atom stereocenters. The summed E-state index contributed by atoms with van der Waals surface area (Å²) in [7, 11) is 0. The van der Waals surface area contributed by atoms with Crippen LogP contribution in [0.5, 0.6) is 5.75 Å². The summed E-state index contributed by atoms with van der Waals surface area (Å²) in [5.41, 5.74) is 0.918. The molecule has 1 aromatic carbocycles. The van der Waals surface area contributed by atoms with Crippen LogP contribution >= 0.6 is 11.8 Å². The smallest absolute Gasteiger partial charge is 0.410 e. The molecular formula is C16H15N3O2S. The monoisotopic (exact) mass is 313 g/mol. The van der Waals surface area contributed by atoms with Crippen LogP contribution in [0.15, 0.2) is 66.0 Å². The number of imidazole rings is 1. The lowest BCUT2D eigenvalue weighted by molar-refractivity contribution is 0.201. The van der Waals surface area contributed by atoms with E-state index in [-0.39, 0.29) is 0 Å². The van der Waals surface area contributed by atoms with E-state index in [0.717, 1.165) is 16.4 Å². The third-order valence-corrected chi connectivity index (χ3v) is 4.00. The molecule has 0 unspecified atom stereocenters. The molecule has 1 amide bonds. The minimum absolute atomic E-state index is 0.437. The fourth-order valence-corrected chi connectivity index (χ4v) is 2.86. The van der Waals surface area contributed by atoms with Crippen LogP contribution in [0.3, 0.4) is 0 Å². The lowest BCUT2D eigenvalue weighted by atomic mass is 10.3. The van der Waals surface area contributed by atoms with Gasteiger partial charge in [-0.25, -0.2) is 9.78 Å². The van der Waals surface area contributed by atoms with E-state index < -0.39 is 6.09 Å². The quantitative estimate of drug-likeness (QED) is 0.580. The van der Waals surface area contributed by atoms with Crippen molar-refractivity contribution in [1.29, 1.82) is 0 Å². The number of fused-ring (bicyclic) bond motifs is 1. The maximum absolute atomic E-state index is 11.6. The van der Waals surface area contributed by atoms with Crippen LogP contribution in [0.1, 0.15) is 0 Å². The van der Waals surface area contributed by atoms with Gasteiger partial charge in [0.05, 0.1) is 5.03 Å². The summed E-state index contributed by atoms with van der Waals surface area (Å²) in [6, 6.07) is 15.0. The molecule has 0 aliphatic rings. The number of hydrogen-bond donors (Lipinski definition) is 1. The average Bonchev–Trinajstić information content (AvgIpc) is 3.02. The Bertz CT molecular complexity index is 758. The molecule has 0 spiro atoms. The van der Waals surface area contributed by atoms with E-state index in [1.54, 1.807) is 30.1 Å². The van der Waals surface area contributed by atoms with E-state index in [0.29, 0.717) is 12.3 Å². The first-order valence-electron chi connectivity index (χ1n) is 6.88. The summed E-state index contributed by atoms with van der Waals surface area (Å²) in [6.45, 7) is 0.529. The second-order valence-electron chi connectivity index (χ2n) is 4.50. The van der Waals surface area contributed by atoms with Crippen LogP contribution in [0.4, 0.5) is 4.79 Å². The molecule has 22 heavy (non-hydrogen) atoms. The first-order chi connectivity index (χ1) is 10.8. The Kier molecular flexibility index (Phi) is 4.60. The van der Waals surface area contributed by atoms with Gasteiger partial charge in [-0.1, -0.05) is 24.3 Å². The molecule has 2 heterocycles. The van der Waals surface area contributed by atoms with E-state index in [9.17, 15) is 4.79 Å². The number of hydrogen-bond acceptors (Lipinski definition) is 4. The third kappa shape index (κ3) is 3.59. The minimum atomic E-state index is -0.437. The van der Waals surface area contributed by atoms with Gasteiger partial charge in [0.25, 0.3) is 0 Å². The molecule has 112 valence electrons. The van der Waals surface area contributed by atoms with Gasteiger partial charge in [0.1, 0.15) is 11.4 Å². The van der Waals surface area contributed by atoms with Crippen molar-refractivity contribution in [2.45, 2.75) is 5.03 Å². The van der Waals surface area contributed by atoms with Gasteiger partial charge in [-0.2, -0.15) is 0 Å². The summed E-state index contributed by atoms with van der Waals surface area (Å²) in [6.07, 6.45) is 3.26. The fraction of sp³-hybridized carbons (Fsp3) is 0.125. The molecule has 1 N–H and O–H groups in total. The van der Waals surface area contributed by atoms with Crippen LogP contribution in [0.25, 0.3) is 5.65 Å². The molecule has 0 saturated carbocycles. The van der Waals surface area contributed by atoms with Crippen LogP contribution in [0, 0.1) is 0 Å². The van der Waals surface area contributed by atoms with Crippen molar-refractivity contribution in [2.24, 2.45) is 0 Å². The second kappa shape index (κ2) is 7.00. The zero-order valence-corrected chi connectivity index (χ0v) is 12.6. The Morgan fingerprint density at radius 1 is 1.18 bits per heavy atom. The number of nitrogens with one attached hydrogen (secondary N) is 1. The predicted octanol–water partition coefficient (Wildman–Crippen LogP) is 3.22. The lowest BCUT2D eigenvalue weighted by Crippen LogP contribution is -2.28. The molecule has 6 heteroatoms. The number of carbonyl (C=O) groups is 1. The predicted molar refractivity (Wildman–Crippen MR) is 86.4 cm³/mol. The van der Waals surface area contributed by atoms with Gasteiger partial charge in [-0.05, 0) is 24.3 Å². The van der Waals surface area contributed by atoms with Crippen molar-refractivity contribution in [2.75, 3.05) is 12.3 Å². The highest BCUT2D eigenvalue weighted by Gasteiger charge is 2.04. The summed E-state index contributed by atoms with van der Waals surface area (Å²) in [5.74, 6) is 1.29. The molecule has 3 rings (SSSR count). The molecule has 3 aromatic rings. The molecule has 0 aliphatic carbocycles. The summed E-state index contributed by atoms with van der Waals surface area (Å²) in [4.78, 5) is 15.9. The van der Waals surface area contributed by atoms with E-state index in [4.69, 9.17) is 4.74 Å². The molecule has 0 radical (unpaired) electrons. The Balaban J connectivity index is 1.46. The molecule has 0 fully saturated rings. The number of amides is 1. The topological polar surface area (TPSA) is 55.6 Å². The first-order valence-corrected chi connectivity index (χ1v) is 7.87. The fourth-order valence-electron chi connectivity index (χ4n) is 1.98. The van der Waals surface area contributed by atoms with Gasteiger partial charge in [-0.15, -0.1) is 11.8 Å². The standard InChI is InChI=1S/C16H15N3O2S/c20-16(21-13-5-2-1-3-6-13)18-10-12-22-15-8-4-7-14-17-9-11-19(14)15/h1-9,11H,10,12H2,(H,18,20). The van der Waals surface area contributed by atoms with Gasteiger partial charge in [-0.3, -0.25) is 4.40 Å². The van der Waals surface area contributed by atoms with Crippen molar-refractivity contribution in [3.05, 3.63) is 60.9 Å². The van der Waals surface area contributed by atoms with Gasteiger partial charge in [0, 0.05) is 24.7 Å². The third-order valence-electron chi connectivity index (χ3n) is 2.97. The van der Waals surface area contributed by atoms with Crippen molar-refractivity contribution in [3.63, 3.8) is 0 Å². The highest BCUT2D eigenvalue weighted by Crippen LogP contribution is 2.18. The van der Waals surface area contributed by atoms with Crippen molar-refractivity contribution < 1.29 is 9.53 Å². The number of para-hydroxylation sites is 1. The van der Waals surface area contributed by atoms with Crippen molar-refractivity contribution in [3.8, 4) is 5.75 Å². The summed E-state index contributed by atoms with van der Waals surface area (Å²) in [5, 5.41) is 3.83. The SMILES string of the molecule is O=C(NCCSc1cccc2nccn12)Oc1ccccc1. The van der Waals surface area contributed by atoms with Gasteiger partial charge in [0.15, 0.2) is 0 Å². The zero-order chi connectivity index (χ0) is 15.2. The Hall–Kier alpha value is -2.47. The number of nitrogens with zero attached hydrogens (tertiary/aromatic N) is 2. The van der Waals surface area contributed by atoms with E-state index in [1.165, 1.54) is 0 Å². The number of pyridine rings is 1. The number of carbonyl (C=O) groups excluding carboxylic acids is 1. The molecule has 0 bridgehead atoms. The number of thioether (sulfide) groups is 1.